The Kier molecular flexibility index (Phi) is 2.68. The Morgan fingerprint density at radius 2 is 2.25 bits per heavy atom. The lowest BCUT2D eigenvalue weighted by atomic mass is 10.1. The summed E-state index contributed by atoms with van der Waals surface area (Å²) in [5, 5.41) is 7.62. The second-order valence-corrected chi connectivity index (χ2v) is 3.29. The Labute approximate surface area is 92.7 Å². The molecule has 0 spiro atoms. The highest BCUT2D eigenvalue weighted by Gasteiger charge is 2.12. The number of nitrogens with zero attached hydrogens (tertiary/aromatic N) is 3. The van der Waals surface area contributed by atoms with E-state index in [1.165, 1.54) is 7.11 Å². The minimum absolute atomic E-state index is 0.348. The molecule has 0 aliphatic carbocycles. The van der Waals surface area contributed by atoms with Crippen LogP contribution in [0.4, 0.5) is 0 Å². The van der Waals surface area contributed by atoms with Gasteiger partial charge in [0.1, 0.15) is 0 Å². The van der Waals surface area contributed by atoms with E-state index in [1.54, 1.807) is 29.2 Å². The van der Waals surface area contributed by atoms with Gasteiger partial charge in [0.15, 0.2) is 0 Å². The fraction of sp³-hybridized carbons (Fsp3) is 0.182. The summed E-state index contributed by atoms with van der Waals surface area (Å²) in [6.45, 7) is 1.85. The summed E-state index contributed by atoms with van der Waals surface area (Å²) in [5.74, 6) is -0.348. The summed E-state index contributed by atoms with van der Waals surface area (Å²) < 4.78 is 6.32. The van der Waals surface area contributed by atoms with E-state index in [0.717, 1.165) is 11.3 Å². The molecule has 2 rings (SSSR count). The molecule has 0 fully saturated rings. The van der Waals surface area contributed by atoms with Crippen LogP contribution in [-0.2, 0) is 4.74 Å². The third kappa shape index (κ3) is 1.67. The third-order valence-electron chi connectivity index (χ3n) is 2.38. The van der Waals surface area contributed by atoms with E-state index in [-0.39, 0.29) is 5.97 Å². The average Bonchev–Trinajstić information content (AvgIpc) is 2.82. The van der Waals surface area contributed by atoms with Gasteiger partial charge in [-0.3, -0.25) is 0 Å². The lowest BCUT2D eigenvalue weighted by molar-refractivity contribution is 0.0600. The number of benzene rings is 1. The maximum atomic E-state index is 11.5. The monoisotopic (exact) mass is 217 g/mol. The Morgan fingerprint density at radius 1 is 1.44 bits per heavy atom. The minimum atomic E-state index is -0.348. The number of rotatable bonds is 2. The van der Waals surface area contributed by atoms with E-state index in [0.29, 0.717) is 5.56 Å². The summed E-state index contributed by atoms with van der Waals surface area (Å²) in [6.07, 6.45) is 3.31. The fourth-order valence-corrected chi connectivity index (χ4v) is 1.54. The molecule has 0 unspecified atom stereocenters. The van der Waals surface area contributed by atoms with E-state index < -0.39 is 0 Å². The van der Waals surface area contributed by atoms with E-state index in [1.807, 2.05) is 13.0 Å². The van der Waals surface area contributed by atoms with Gasteiger partial charge < -0.3 is 4.74 Å². The maximum Gasteiger partial charge on any atom is 0.338 e. The van der Waals surface area contributed by atoms with Crippen LogP contribution in [0.25, 0.3) is 5.69 Å². The molecule has 1 heterocycles. The van der Waals surface area contributed by atoms with Gasteiger partial charge in [-0.2, -0.15) is 0 Å². The van der Waals surface area contributed by atoms with E-state index in [4.69, 9.17) is 4.74 Å². The van der Waals surface area contributed by atoms with Gasteiger partial charge >= 0.3 is 5.97 Å². The van der Waals surface area contributed by atoms with Crippen molar-refractivity contribution in [2.24, 2.45) is 0 Å². The third-order valence-corrected chi connectivity index (χ3v) is 2.38. The van der Waals surface area contributed by atoms with Crippen molar-refractivity contribution in [1.29, 1.82) is 0 Å². The zero-order chi connectivity index (χ0) is 11.5. The van der Waals surface area contributed by atoms with Gasteiger partial charge in [-0.1, -0.05) is 11.3 Å². The van der Waals surface area contributed by atoms with E-state index in [9.17, 15) is 4.79 Å². The van der Waals surface area contributed by atoms with E-state index in [2.05, 4.69) is 10.3 Å². The second kappa shape index (κ2) is 4.14. The predicted molar refractivity (Wildman–Crippen MR) is 57.4 cm³/mol. The Bertz CT molecular complexity index is 506. The quantitative estimate of drug-likeness (QED) is 0.713. The molecule has 5 nitrogen and oxygen atoms in total. The van der Waals surface area contributed by atoms with Gasteiger partial charge in [-0.15, -0.1) is 5.10 Å². The van der Waals surface area contributed by atoms with Crippen molar-refractivity contribution in [2.45, 2.75) is 6.92 Å². The zero-order valence-corrected chi connectivity index (χ0v) is 9.04. The van der Waals surface area contributed by atoms with Gasteiger partial charge in [-0.05, 0) is 24.6 Å². The van der Waals surface area contributed by atoms with Crippen LogP contribution in [0.15, 0.2) is 30.6 Å². The first-order valence-corrected chi connectivity index (χ1v) is 4.78. The molecule has 2 aromatic rings. The minimum Gasteiger partial charge on any atom is -0.465 e. The number of carbonyl (C=O) groups is 1. The van der Waals surface area contributed by atoms with Crippen molar-refractivity contribution in [3.8, 4) is 5.69 Å². The summed E-state index contributed by atoms with van der Waals surface area (Å²) in [7, 11) is 1.36. The smallest absolute Gasteiger partial charge is 0.338 e. The van der Waals surface area contributed by atoms with Crippen molar-refractivity contribution < 1.29 is 9.53 Å². The molecule has 5 heteroatoms. The van der Waals surface area contributed by atoms with Crippen molar-refractivity contribution >= 4 is 5.97 Å². The molecule has 0 aliphatic heterocycles. The first-order valence-electron chi connectivity index (χ1n) is 4.78. The molecule has 1 aromatic heterocycles. The van der Waals surface area contributed by atoms with Crippen LogP contribution in [0.1, 0.15) is 15.9 Å². The molecule has 82 valence electrons. The van der Waals surface area contributed by atoms with Gasteiger partial charge in [0.2, 0.25) is 0 Å². The van der Waals surface area contributed by atoms with Crippen LogP contribution >= 0.6 is 0 Å². The van der Waals surface area contributed by atoms with Gasteiger partial charge in [0.05, 0.1) is 30.8 Å². The summed E-state index contributed by atoms with van der Waals surface area (Å²) in [5.41, 5.74) is 2.18. The normalized spacial score (nSPS) is 10.1. The van der Waals surface area contributed by atoms with Crippen molar-refractivity contribution in [3.05, 3.63) is 41.7 Å². The summed E-state index contributed by atoms with van der Waals surface area (Å²) >= 11 is 0. The largest absolute Gasteiger partial charge is 0.465 e. The number of esters is 1. The first-order chi connectivity index (χ1) is 7.74. The molecule has 0 saturated carbocycles. The lowest BCUT2D eigenvalue weighted by Crippen LogP contribution is -2.07. The first kappa shape index (κ1) is 10.4. The number of hydrogen-bond acceptors (Lipinski definition) is 4. The van der Waals surface area contributed by atoms with Crippen LogP contribution in [0.3, 0.4) is 0 Å². The molecular weight excluding hydrogens is 206 g/mol. The highest BCUT2D eigenvalue weighted by molar-refractivity contribution is 5.91. The molecule has 0 aliphatic rings. The highest BCUT2D eigenvalue weighted by atomic mass is 16.5. The molecule has 16 heavy (non-hydrogen) atoms. The Morgan fingerprint density at radius 3 is 2.88 bits per heavy atom. The zero-order valence-electron chi connectivity index (χ0n) is 9.04. The Balaban J connectivity index is 2.53. The van der Waals surface area contributed by atoms with Crippen LogP contribution in [0, 0.1) is 6.92 Å². The number of ether oxygens (including phenoxy) is 1. The summed E-state index contributed by atoms with van der Waals surface area (Å²) in [6, 6.07) is 5.38. The second-order valence-electron chi connectivity index (χ2n) is 3.29. The molecule has 0 saturated heterocycles. The Hall–Kier alpha value is -2.17. The molecular formula is C11H11N3O2. The number of aromatic nitrogens is 3. The SMILES string of the molecule is COC(=O)c1cccc(-n2ccnn2)c1C. The molecule has 0 amide bonds. The lowest BCUT2D eigenvalue weighted by Gasteiger charge is -2.08. The van der Waals surface area contributed by atoms with Crippen LogP contribution < -0.4 is 0 Å². The highest BCUT2D eigenvalue weighted by Crippen LogP contribution is 2.17. The van der Waals surface area contributed by atoms with Crippen LogP contribution in [0.2, 0.25) is 0 Å². The van der Waals surface area contributed by atoms with Gasteiger partial charge in [-0.25, -0.2) is 9.48 Å². The maximum absolute atomic E-state index is 11.5. The van der Waals surface area contributed by atoms with Crippen LogP contribution in [0.5, 0.6) is 0 Å². The number of methoxy groups -OCH3 is 1. The van der Waals surface area contributed by atoms with E-state index >= 15 is 0 Å². The van der Waals surface area contributed by atoms with Crippen LogP contribution in [-0.4, -0.2) is 28.1 Å². The standard InChI is InChI=1S/C11H11N3O2/c1-8-9(11(15)16-2)4-3-5-10(8)14-7-6-12-13-14/h3-7H,1-2H3. The molecule has 1 aromatic carbocycles. The fourth-order valence-electron chi connectivity index (χ4n) is 1.54. The van der Waals surface area contributed by atoms with Crippen molar-refractivity contribution in [3.63, 3.8) is 0 Å². The molecule has 0 bridgehead atoms. The number of hydrogen-bond donors (Lipinski definition) is 0. The van der Waals surface area contributed by atoms with Crippen molar-refractivity contribution in [1.82, 2.24) is 15.0 Å². The predicted octanol–water partition coefficient (Wildman–Crippen LogP) is 1.36. The van der Waals surface area contributed by atoms with Gasteiger partial charge in [0.25, 0.3) is 0 Å². The van der Waals surface area contributed by atoms with Crippen molar-refractivity contribution in [2.75, 3.05) is 7.11 Å². The summed E-state index contributed by atoms with van der Waals surface area (Å²) in [4.78, 5) is 11.5. The molecule has 0 radical (unpaired) electrons. The average molecular weight is 217 g/mol. The molecule has 0 atom stereocenters. The number of carbonyl (C=O) groups excluding carboxylic acids is 1. The van der Waals surface area contributed by atoms with Gasteiger partial charge in [0, 0.05) is 0 Å². The molecule has 0 N–H and O–H groups in total. The topological polar surface area (TPSA) is 57.0 Å².